The Morgan fingerprint density at radius 3 is 2.47 bits per heavy atom. The monoisotopic (exact) mass is 470 g/mol. The van der Waals surface area contributed by atoms with Gasteiger partial charge < -0.3 is 24.5 Å². The number of pyridine rings is 1. The van der Waals surface area contributed by atoms with Gasteiger partial charge in [-0.1, -0.05) is 38.2 Å². The summed E-state index contributed by atoms with van der Waals surface area (Å²) in [6, 6.07) is 9.02. The highest BCUT2D eigenvalue weighted by atomic mass is 16.5. The number of hydrogen-bond donors (Lipinski definition) is 2. The summed E-state index contributed by atoms with van der Waals surface area (Å²) in [5.74, 6) is 0.777. The first-order valence-electron chi connectivity index (χ1n) is 12.5. The van der Waals surface area contributed by atoms with Crippen molar-refractivity contribution in [3.63, 3.8) is 0 Å². The van der Waals surface area contributed by atoms with Crippen LogP contribution in [0.25, 0.3) is 0 Å². The Balaban J connectivity index is 1.20. The quantitative estimate of drug-likeness (QED) is 0.300. The average molecular weight is 471 g/mol. The molecule has 3 rings (SSSR count). The van der Waals surface area contributed by atoms with Crippen molar-refractivity contribution in [2.45, 2.75) is 70.3 Å². The number of carbonyl (C=O) groups excluding carboxylic acids is 1. The number of nitrogens with one attached hydrogen (secondary N) is 2. The molecule has 7 nitrogen and oxygen atoms in total. The maximum absolute atomic E-state index is 12.2. The number of benzene rings is 1. The van der Waals surface area contributed by atoms with Crippen LogP contribution < -0.4 is 20.3 Å². The first-order valence-corrected chi connectivity index (χ1v) is 12.5. The normalized spacial score (nSPS) is 14.9. The molecule has 7 heteroatoms. The number of ether oxygens (including phenoxy) is 3. The van der Waals surface area contributed by atoms with Crippen molar-refractivity contribution in [3.8, 4) is 11.5 Å². The summed E-state index contributed by atoms with van der Waals surface area (Å²) >= 11 is 0. The number of aromatic nitrogens is 1. The van der Waals surface area contributed by atoms with E-state index in [-0.39, 0.29) is 11.5 Å². The lowest BCUT2D eigenvalue weighted by molar-refractivity contribution is 0.0497. The summed E-state index contributed by atoms with van der Waals surface area (Å²) in [4.78, 5) is 26.7. The second kappa shape index (κ2) is 13.8. The zero-order valence-corrected chi connectivity index (χ0v) is 20.5. The highest BCUT2D eigenvalue weighted by Gasteiger charge is 2.19. The van der Waals surface area contributed by atoms with Gasteiger partial charge in [0.15, 0.2) is 11.5 Å². The summed E-state index contributed by atoms with van der Waals surface area (Å²) in [7, 11) is 3.11. The minimum Gasteiger partial charge on any atom is -0.493 e. The van der Waals surface area contributed by atoms with Gasteiger partial charge in [0.05, 0.1) is 26.4 Å². The number of unbranched alkanes of at least 4 members (excludes halogenated alkanes) is 6. The lowest BCUT2D eigenvalue weighted by Crippen LogP contribution is -2.28. The van der Waals surface area contributed by atoms with E-state index in [0.717, 1.165) is 57.2 Å². The molecule has 186 valence electrons. The second-order valence-corrected chi connectivity index (χ2v) is 8.84. The molecule has 1 aromatic heterocycles. The van der Waals surface area contributed by atoms with Gasteiger partial charge in [-0.25, -0.2) is 4.79 Å². The van der Waals surface area contributed by atoms with Gasteiger partial charge in [-0.3, -0.25) is 4.79 Å². The van der Waals surface area contributed by atoms with Gasteiger partial charge in [0.2, 0.25) is 5.56 Å². The van der Waals surface area contributed by atoms with E-state index >= 15 is 0 Å². The van der Waals surface area contributed by atoms with Crippen LogP contribution >= 0.6 is 0 Å². The molecule has 0 spiro atoms. The molecule has 0 bridgehead atoms. The summed E-state index contributed by atoms with van der Waals surface area (Å²) in [5, 5.41) is 3.67. The topological polar surface area (TPSA) is 89.7 Å². The number of fused-ring (bicyclic) bond motifs is 1. The van der Waals surface area contributed by atoms with Crippen molar-refractivity contribution in [2.24, 2.45) is 0 Å². The molecule has 1 aliphatic rings. The van der Waals surface area contributed by atoms with Crippen molar-refractivity contribution in [1.82, 2.24) is 10.3 Å². The zero-order chi connectivity index (χ0) is 24.2. The first kappa shape index (κ1) is 25.8. The van der Waals surface area contributed by atoms with Crippen molar-refractivity contribution >= 4 is 5.97 Å². The van der Waals surface area contributed by atoms with Crippen LogP contribution in [0.4, 0.5) is 0 Å². The van der Waals surface area contributed by atoms with Gasteiger partial charge in [-0.2, -0.15) is 0 Å². The molecule has 1 atom stereocenters. The smallest absolute Gasteiger partial charge is 0.338 e. The maximum atomic E-state index is 12.2. The number of esters is 1. The van der Waals surface area contributed by atoms with Gasteiger partial charge in [-0.05, 0) is 62.4 Å². The highest BCUT2D eigenvalue weighted by molar-refractivity contribution is 5.90. The molecule has 0 saturated heterocycles. The third-order valence-corrected chi connectivity index (χ3v) is 6.40. The van der Waals surface area contributed by atoms with E-state index in [1.807, 2.05) is 6.07 Å². The Labute approximate surface area is 202 Å². The molecule has 0 aliphatic heterocycles. The van der Waals surface area contributed by atoms with E-state index in [1.165, 1.54) is 24.8 Å². The molecule has 0 saturated carbocycles. The number of aromatic amines is 1. The Morgan fingerprint density at radius 2 is 1.71 bits per heavy atom. The third kappa shape index (κ3) is 7.62. The molecule has 0 fully saturated rings. The fourth-order valence-electron chi connectivity index (χ4n) is 4.51. The van der Waals surface area contributed by atoms with Crippen LogP contribution in [0.3, 0.4) is 0 Å². The molecule has 2 N–H and O–H groups in total. The van der Waals surface area contributed by atoms with Crippen LogP contribution in [-0.4, -0.2) is 38.3 Å². The minimum absolute atomic E-state index is 0.00420. The van der Waals surface area contributed by atoms with E-state index < -0.39 is 0 Å². The third-order valence-electron chi connectivity index (χ3n) is 6.40. The Kier molecular flexibility index (Phi) is 10.5. The number of carbonyl (C=O) groups is 1. The van der Waals surface area contributed by atoms with E-state index in [0.29, 0.717) is 29.7 Å². The zero-order valence-electron chi connectivity index (χ0n) is 20.5. The SMILES string of the molecule is COc1ccc(C(=O)OCCCCCCCCCN[C@H]2CCCc3[nH]c(=O)ccc32)cc1OC. The molecule has 0 amide bonds. The van der Waals surface area contributed by atoms with Crippen LogP contribution in [0.1, 0.15) is 85.4 Å². The van der Waals surface area contributed by atoms with Gasteiger partial charge in [0.25, 0.3) is 0 Å². The summed E-state index contributed by atoms with van der Waals surface area (Å²) in [6.45, 7) is 1.44. The van der Waals surface area contributed by atoms with E-state index in [4.69, 9.17) is 14.2 Å². The molecular formula is C27H38N2O5. The van der Waals surface area contributed by atoms with Gasteiger partial charge in [0, 0.05) is 17.8 Å². The average Bonchev–Trinajstić information content (AvgIpc) is 2.86. The van der Waals surface area contributed by atoms with Crippen molar-refractivity contribution in [1.29, 1.82) is 0 Å². The number of methoxy groups -OCH3 is 2. The van der Waals surface area contributed by atoms with Crippen LogP contribution in [-0.2, 0) is 11.2 Å². The second-order valence-electron chi connectivity index (χ2n) is 8.84. The van der Waals surface area contributed by atoms with Gasteiger partial charge in [0.1, 0.15) is 0 Å². The number of hydrogen-bond acceptors (Lipinski definition) is 6. The number of aryl methyl sites for hydroxylation is 1. The highest BCUT2D eigenvalue weighted by Crippen LogP contribution is 2.28. The van der Waals surface area contributed by atoms with Crippen molar-refractivity contribution < 1.29 is 19.0 Å². The molecule has 0 radical (unpaired) electrons. The molecule has 1 aromatic carbocycles. The predicted molar refractivity (Wildman–Crippen MR) is 133 cm³/mol. The largest absolute Gasteiger partial charge is 0.493 e. The van der Waals surface area contributed by atoms with Gasteiger partial charge in [-0.15, -0.1) is 0 Å². The predicted octanol–water partition coefficient (Wildman–Crippen LogP) is 4.95. The van der Waals surface area contributed by atoms with Crippen LogP contribution in [0.2, 0.25) is 0 Å². The molecule has 1 heterocycles. The Bertz CT molecular complexity index is 972. The van der Waals surface area contributed by atoms with Crippen LogP contribution in [0, 0.1) is 0 Å². The number of rotatable bonds is 14. The molecular weight excluding hydrogens is 432 g/mol. The van der Waals surface area contributed by atoms with Crippen molar-refractivity contribution in [2.75, 3.05) is 27.4 Å². The molecule has 34 heavy (non-hydrogen) atoms. The maximum Gasteiger partial charge on any atom is 0.338 e. The lowest BCUT2D eigenvalue weighted by Gasteiger charge is -2.26. The Hall–Kier alpha value is -2.80. The molecule has 0 unspecified atom stereocenters. The number of H-pyrrole nitrogens is 1. The standard InChI is InChI=1S/C27H38N2O5/c1-32-24-15-13-20(19-25(24)33-2)27(31)34-18-9-7-5-3-4-6-8-17-28-22-11-10-12-23-21(22)14-16-26(30)29-23/h13-16,19,22,28H,3-12,17-18H2,1-2H3,(H,29,30)/t22-/m0/s1. The summed E-state index contributed by atoms with van der Waals surface area (Å²) in [6.07, 6.45) is 11.1. The first-order chi connectivity index (χ1) is 16.6. The van der Waals surface area contributed by atoms with Gasteiger partial charge >= 0.3 is 5.97 Å². The van der Waals surface area contributed by atoms with E-state index in [9.17, 15) is 9.59 Å². The summed E-state index contributed by atoms with van der Waals surface area (Å²) in [5.41, 5.74) is 2.83. The van der Waals surface area contributed by atoms with Crippen LogP contribution in [0.5, 0.6) is 11.5 Å². The minimum atomic E-state index is -0.333. The Morgan fingerprint density at radius 1 is 0.971 bits per heavy atom. The van der Waals surface area contributed by atoms with Crippen LogP contribution in [0.15, 0.2) is 35.1 Å². The van der Waals surface area contributed by atoms with Crippen molar-refractivity contribution in [3.05, 3.63) is 57.5 Å². The molecule has 2 aromatic rings. The molecule has 1 aliphatic carbocycles. The van der Waals surface area contributed by atoms with E-state index in [1.54, 1.807) is 38.5 Å². The fourth-order valence-corrected chi connectivity index (χ4v) is 4.51. The fraction of sp³-hybridized carbons (Fsp3) is 0.556. The van der Waals surface area contributed by atoms with E-state index in [2.05, 4.69) is 10.3 Å². The lowest BCUT2D eigenvalue weighted by atomic mass is 9.91. The summed E-state index contributed by atoms with van der Waals surface area (Å²) < 4.78 is 15.8.